The van der Waals surface area contributed by atoms with Crippen molar-refractivity contribution in [2.45, 2.75) is 57.7 Å². The van der Waals surface area contributed by atoms with Crippen LogP contribution in [-0.4, -0.2) is 37.7 Å². The van der Waals surface area contributed by atoms with Crippen LogP contribution in [0, 0.1) is 0 Å². The van der Waals surface area contributed by atoms with E-state index in [1.54, 1.807) is 7.11 Å². The SMILES string of the molecule is CO[C@@H]1CN[C@@H](C(=O)NC(C)Cc2ccc(C(C)C)cc2)C1. The summed E-state index contributed by atoms with van der Waals surface area (Å²) >= 11 is 0. The van der Waals surface area contributed by atoms with Crippen LogP contribution in [0.5, 0.6) is 0 Å². The van der Waals surface area contributed by atoms with Crippen LogP contribution in [0.25, 0.3) is 0 Å². The molecular formula is C18H28N2O2. The minimum atomic E-state index is -0.129. The van der Waals surface area contributed by atoms with Gasteiger partial charge < -0.3 is 15.4 Å². The molecule has 22 heavy (non-hydrogen) atoms. The second kappa shape index (κ2) is 7.75. The van der Waals surface area contributed by atoms with Crippen molar-refractivity contribution in [1.82, 2.24) is 10.6 Å². The standard InChI is InChI=1S/C18H28N2O2/c1-12(2)15-7-5-14(6-8-15)9-13(3)20-18(21)17-10-16(22-4)11-19-17/h5-8,12-13,16-17,19H,9-11H2,1-4H3,(H,20,21)/t13?,16-,17+/m0/s1. The van der Waals surface area contributed by atoms with E-state index in [2.05, 4.69) is 55.7 Å². The predicted octanol–water partition coefficient (Wildman–Crippen LogP) is 2.23. The molecule has 122 valence electrons. The lowest BCUT2D eigenvalue weighted by molar-refractivity contribution is -0.123. The Labute approximate surface area is 133 Å². The molecule has 1 unspecified atom stereocenters. The van der Waals surface area contributed by atoms with Crippen LogP contribution >= 0.6 is 0 Å². The van der Waals surface area contributed by atoms with Gasteiger partial charge in [0.15, 0.2) is 0 Å². The molecular weight excluding hydrogens is 276 g/mol. The maximum Gasteiger partial charge on any atom is 0.237 e. The summed E-state index contributed by atoms with van der Waals surface area (Å²) in [5.74, 6) is 0.624. The van der Waals surface area contributed by atoms with Crippen LogP contribution in [0.1, 0.15) is 44.2 Å². The summed E-state index contributed by atoms with van der Waals surface area (Å²) in [6.07, 6.45) is 1.75. The molecule has 0 aliphatic carbocycles. The van der Waals surface area contributed by atoms with Crippen molar-refractivity contribution in [1.29, 1.82) is 0 Å². The number of methoxy groups -OCH3 is 1. The lowest BCUT2D eigenvalue weighted by Gasteiger charge is -2.18. The molecule has 1 saturated heterocycles. The quantitative estimate of drug-likeness (QED) is 0.847. The molecule has 4 heteroatoms. The van der Waals surface area contributed by atoms with E-state index in [4.69, 9.17) is 4.74 Å². The van der Waals surface area contributed by atoms with Crippen LogP contribution in [0.15, 0.2) is 24.3 Å². The van der Waals surface area contributed by atoms with Crippen molar-refractivity contribution in [2.75, 3.05) is 13.7 Å². The third kappa shape index (κ3) is 4.55. The Balaban J connectivity index is 1.82. The first-order valence-corrected chi connectivity index (χ1v) is 8.15. The Hall–Kier alpha value is -1.39. The second-order valence-electron chi connectivity index (χ2n) is 6.56. The monoisotopic (exact) mass is 304 g/mol. The van der Waals surface area contributed by atoms with Crippen molar-refractivity contribution < 1.29 is 9.53 Å². The van der Waals surface area contributed by atoms with Gasteiger partial charge in [-0.1, -0.05) is 38.1 Å². The number of hydrogen-bond acceptors (Lipinski definition) is 3. The van der Waals surface area contributed by atoms with E-state index < -0.39 is 0 Å². The minimum absolute atomic E-state index is 0.0749. The largest absolute Gasteiger partial charge is 0.380 e. The van der Waals surface area contributed by atoms with Crippen molar-refractivity contribution >= 4 is 5.91 Å². The molecule has 0 bridgehead atoms. The molecule has 1 aromatic rings. The van der Waals surface area contributed by atoms with Gasteiger partial charge in [0.05, 0.1) is 12.1 Å². The summed E-state index contributed by atoms with van der Waals surface area (Å²) in [7, 11) is 1.69. The fourth-order valence-electron chi connectivity index (χ4n) is 2.87. The van der Waals surface area contributed by atoms with Gasteiger partial charge in [0, 0.05) is 19.7 Å². The van der Waals surface area contributed by atoms with E-state index in [0.29, 0.717) is 5.92 Å². The summed E-state index contributed by atoms with van der Waals surface area (Å²) < 4.78 is 5.28. The van der Waals surface area contributed by atoms with Gasteiger partial charge in [0.2, 0.25) is 5.91 Å². The number of carbonyl (C=O) groups excluding carboxylic acids is 1. The summed E-state index contributed by atoms with van der Waals surface area (Å²) in [6, 6.07) is 8.67. The third-order valence-corrected chi connectivity index (χ3v) is 4.32. The van der Waals surface area contributed by atoms with Crippen LogP contribution in [0.3, 0.4) is 0 Å². The molecule has 0 saturated carbocycles. The highest BCUT2D eigenvalue weighted by Crippen LogP contribution is 2.16. The Morgan fingerprint density at radius 2 is 2.00 bits per heavy atom. The number of hydrogen-bond donors (Lipinski definition) is 2. The van der Waals surface area contributed by atoms with E-state index >= 15 is 0 Å². The average Bonchev–Trinajstić information content (AvgIpc) is 2.96. The van der Waals surface area contributed by atoms with Gasteiger partial charge in [0.25, 0.3) is 0 Å². The molecule has 3 atom stereocenters. The van der Waals surface area contributed by atoms with Crippen LogP contribution in [0.4, 0.5) is 0 Å². The molecule has 2 N–H and O–H groups in total. The average molecular weight is 304 g/mol. The van der Waals surface area contributed by atoms with Gasteiger partial charge >= 0.3 is 0 Å². The van der Waals surface area contributed by atoms with Gasteiger partial charge in [-0.15, -0.1) is 0 Å². The fraction of sp³-hybridized carbons (Fsp3) is 0.611. The van der Waals surface area contributed by atoms with Crippen LogP contribution in [0.2, 0.25) is 0 Å². The maximum atomic E-state index is 12.2. The zero-order valence-corrected chi connectivity index (χ0v) is 14.1. The van der Waals surface area contributed by atoms with Gasteiger partial charge in [0.1, 0.15) is 0 Å². The van der Waals surface area contributed by atoms with Gasteiger partial charge in [-0.05, 0) is 36.8 Å². The van der Waals surface area contributed by atoms with Crippen molar-refractivity contribution in [2.24, 2.45) is 0 Å². The number of rotatable bonds is 6. The van der Waals surface area contributed by atoms with Crippen LogP contribution < -0.4 is 10.6 Å². The number of amides is 1. The molecule has 2 rings (SSSR count). The Morgan fingerprint density at radius 1 is 1.32 bits per heavy atom. The number of ether oxygens (including phenoxy) is 1. The molecule has 4 nitrogen and oxygen atoms in total. The first kappa shape index (κ1) is 17.0. The van der Waals surface area contributed by atoms with E-state index in [0.717, 1.165) is 19.4 Å². The molecule has 1 aliphatic heterocycles. The highest BCUT2D eigenvalue weighted by atomic mass is 16.5. The van der Waals surface area contributed by atoms with Gasteiger partial charge in [-0.2, -0.15) is 0 Å². The topological polar surface area (TPSA) is 50.4 Å². The van der Waals surface area contributed by atoms with E-state index in [1.165, 1.54) is 11.1 Å². The lowest BCUT2D eigenvalue weighted by atomic mass is 9.99. The fourth-order valence-corrected chi connectivity index (χ4v) is 2.87. The van der Waals surface area contributed by atoms with E-state index in [9.17, 15) is 4.79 Å². The van der Waals surface area contributed by atoms with Crippen molar-refractivity contribution in [3.63, 3.8) is 0 Å². The zero-order valence-electron chi connectivity index (χ0n) is 14.1. The summed E-state index contributed by atoms with van der Waals surface area (Å²) in [6.45, 7) is 7.19. The maximum absolute atomic E-state index is 12.2. The highest BCUT2D eigenvalue weighted by molar-refractivity contribution is 5.82. The molecule has 1 heterocycles. The molecule has 1 aromatic carbocycles. The third-order valence-electron chi connectivity index (χ3n) is 4.32. The second-order valence-corrected chi connectivity index (χ2v) is 6.56. The predicted molar refractivity (Wildman–Crippen MR) is 89.0 cm³/mol. The molecule has 0 aromatic heterocycles. The van der Waals surface area contributed by atoms with Gasteiger partial charge in [-0.3, -0.25) is 4.79 Å². The van der Waals surface area contributed by atoms with Crippen molar-refractivity contribution in [3.8, 4) is 0 Å². The van der Waals surface area contributed by atoms with Crippen LogP contribution in [-0.2, 0) is 16.0 Å². The summed E-state index contributed by atoms with van der Waals surface area (Å²) in [5.41, 5.74) is 2.60. The molecule has 1 amide bonds. The minimum Gasteiger partial charge on any atom is -0.380 e. The molecule has 1 fully saturated rings. The summed E-state index contributed by atoms with van der Waals surface area (Å²) in [5, 5.41) is 6.30. The zero-order chi connectivity index (χ0) is 16.1. The Bertz CT molecular complexity index is 484. The van der Waals surface area contributed by atoms with Gasteiger partial charge in [-0.25, -0.2) is 0 Å². The number of benzene rings is 1. The van der Waals surface area contributed by atoms with E-state index in [-0.39, 0.29) is 24.1 Å². The number of nitrogens with one attached hydrogen (secondary N) is 2. The smallest absolute Gasteiger partial charge is 0.237 e. The first-order chi connectivity index (χ1) is 10.5. The van der Waals surface area contributed by atoms with E-state index in [1.807, 2.05) is 0 Å². The highest BCUT2D eigenvalue weighted by Gasteiger charge is 2.29. The Kier molecular flexibility index (Phi) is 5.98. The normalized spacial score (nSPS) is 22.8. The number of carbonyl (C=O) groups is 1. The first-order valence-electron chi connectivity index (χ1n) is 8.15. The molecule has 1 aliphatic rings. The molecule has 0 spiro atoms. The molecule has 0 radical (unpaired) electrons. The summed E-state index contributed by atoms with van der Waals surface area (Å²) in [4.78, 5) is 12.2. The Morgan fingerprint density at radius 3 is 2.55 bits per heavy atom. The van der Waals surface area contributed by atoms with Crippen molar-refractivity contribution in [3.05, 3.63) is 35.4 Å². The lowest BCUT2D eigenvalue weighted by Crippen LogP contribution is -2.44.